The third-order valence-electron chi connectivity index (χ3n) is 2.81. The minimum absolute atomic E-state index is 0.0721. The van der Waals surface area contributed by atoms with E-state index in [4.69, 9.17) is 4.74 Å². The van der Waals surface area contributed by atoms with Gasteiger partial charge in [0.1, 0.15) is 6.61 Å². The number of carbonyl (C=O) groups is 1. The number of hydrogen-bond donors (Lipinski definition) is 1. The van der Waals surface area contributed by atoms with E-state index < -0.39 is 0 Å². The lowest BCUT2D eigenvalue weighted by Gasteiger charge is -2.15. The number of para-hydroxylation sites is 1. The SMILES string of the molecule is CCc1cccc(CC)c1NC(=O)COC(C)C. The first-order chi connectivity index (χ1) is 8.58. The summed E-state index contributed by atoms with van der Waals surface area (Å²) >= 11 is 0. The average molecular weight is 249 g/mol. The molecule has 0 aromatic heterocycles. The lowest BCUT2D eigenvalue weighted by molar-refractivity contribution is -0.121. The number of carbonyl (C=O) groups excluding carboxylic acids is 1. The standard InChI is InChI=1S/C15H23NO2/c1-5-12-8-7-9-13(6-2)15(12)16-14(17)10-18-11(3)4/h7-9,11H,5-6,10H2,1-4H3,(H,16,17). The molecule has 3 heteroatoms. The van der Waals surface area contributed by atoms with E-state index in [0.717, 1.165) is 18.5 Å². The van der Waals surface area contributed by atoms with Crippen molar-refractivity contribution >= 4 is 11.6 Å². The molecule has 1 rings (SSSR count). The number of nitrogens with one attached hydrogen (secondary N) is 1. The summed E-state index contributed by atoms with van der Waals surface area (Å²) in [6.45, 7) is 8.14. The zero-order chi connectivity index (χ0) is 13.5. The van der Waals surface area contributed by atoms with Gasteiger partial charge in [0, 0.05) is 5.69 Å². The molecular formula is C15H23NO2. The Balaban J connectivity index is 2.79. The first-order valence-electron chi connectivity index (χ1n) is 6.60. The van der Waals surface area contributed by atoms with Crippen molar-refractivity contribution in [2.75, 3.05) is 11.9 Å². The highest BCUT2D eigenvalue weighted by atomic mass is 16.5. The zero-order valence-corrected chi connectivity index (χ0v) is 11.7. The molecule has 18 heavy (non-hydrogen) atoms. The van der Waals surface area contributed by atoms with E-state index in [-0.39, 0.29) is 18.6 Å². The molecule has 100 valence electrons. The van der Waals surface area contributed by atoms with E-state index in [1.807, 2.05) is 19.9 Å². The Bertz CT molecular complexity index is 377. The van der Waals surface area contributed by atoms with Gasteiger partial charge in [-0.15, -0.1) is 0 Å². The van der Waals surface area contributed by atoms with Crippen LogP contribution < -0.4 is 5.32 Å². The molecule has 3 nitrogen and oxygen atoms in total. The maximum atomic E-state index is 11.8. The second-order valence-electron chi connectivity index (χ2n) is 4.57. The van der Waals surface area contributed by atoms with E-state index >= 15 is 0 Å². The number of amides is 1. The van der Waals surface area contributed by atoms with Crippen LogP contribution in [0.2, 0.25) is 0 Å². The lowest BCUT2D eigenvalue weighted by atomic mass is 10.0. The van der Waals surface area contributed by atoms with E-state index in [1.165, 1.54) is 11.1 Å². The first-order valence-corrected chi connectivity index (χ1v) is 6.60. The smallest absolute Gasteiger partial charge is 0.250 e. The maximum Gasteiger partial charge on any atom is 0.250 e. The molecule has 0 saturated heterocycles. The van der Waals surface area contributed by atoms with Gasteiger partial charge in [-0.3, -0.25) is 4.79 Å². The molecule has 0 heterocycles. The molecule has 1 N–H and O–H groups in total. The fourth-order valence-corrected chi connectivity index (χ4v) is 1.82. The molecule has 0 aliphatic rings. The summed E-state index contributed by atoms with van der Waals surface area (Å²) in [5.74, 6) is -0.0840. The van der Waals surface area contributed by atoms with Crippen molar-refractivity contribution in [3.05, 3.63) is 29.3 Å². The summed E-state index contributed by atoms with van der Waals surface area (Å²) in [5, 5.41) is 2.97. The molecule has 0 saturated carbocycles. The molecule has 1 aromatic rings. The van der Waals surface area contributed by atoms with E-state index in [0.29, 0.717) is 0 Å². The molecule has 0 atom stereocenters. The maximum absolute atomic E-state index is 11.8. The third kappa shape index (κ3) is 4.15. The van der Waals surface area contributed by atoms with Crippen molar-refractivity contribution in [2.45, 2.75) is 46.6 Å². The lowest BCUT2D eigenvalue weighted by Crippen LogP contribution is -2.22. The predicted octanol–water partition coefficient (Wildman–Crippen LogP) is 3.17. The van der Waals surface area contributed by atoms with E-state index in [9.17, 15) is 4.79 Å². The Labute approximate surface area is 110 Å². The van der Waals surface area contributed by atoms with Crippen molar-refractivity contribution in [1.82, 2.24) is 0 Å². The first kappa shape index (κ1) is 14.7. The quantitative estimate of drug-likeness (QED) is 0.841. The Morgan fingerprint density at radius 1 is 1.22 bits per heavy atom. The molecule has 0 aliphatic heterocycles. The highest BCUT2D eigenvalue weighted by Crippen LogP contribution is 2.22. The van der Waals surface area contributed by atoms with Gasteiger partial charge in [-0.25, -0.2) is 0 Å². The Morgan fingerprint density at radius 2 is 1.78 bits per heavy atom. The molecule has 0 fully saturated rings. The van der Waals surface area contributed by atoms with Crippen LogP contribution >= 0.6 is 0 Å². The minimum Gasteiger partial charge on any atom is -0.369 e. The van der Waals surface area contributed by atoms with Crippen LogP contribution in [0.5, 0.6) is 0 Å². The van der Waals surface area contributed by atoms with Gasteiger partial charge in [-0.1, -0.05) is 32.0 Å². The zero-order valence-electron chi connectivity index (χ0n) is 11.7. The van der Waals surface area contributed by atoms with Crippen LogP contribution in [-0.4, -0.2) is 18.6 Å². The second kappa shape index (κ2) is 7.17. The second-order valence-corrected chi connectivity index (χ2v) is 4.57. The summed E-state index contributed by atoms with van der Waals surface area (Å²) in [6.07, 6.45) is 1.89. The Morgan fingerprint density at radius 3 is 2.22 bits per heavy atom. The van der Waals surface area contributed by atoms with Crippen LogP contribution in [0.15, 0.2) is 18.2 Å². The van der Waals surface area contributed by atoms with E-state index in [1.54, 1.807) is 0 Å². The molecular weight excluding hydrogens is 226 g/mol. The molecule has 0 radical (unpaired) electrons. The van der Waals surface area contributed by atoms with Gasteiger partial charge in [0.05, 0.1) is 6.10 Å². The van der Waals surface area contributed by atoms with Crippen molar-refractivity contribution in [3.63, 3.8) is 0 Å². The summed E-state index contributed by atoms with van der Waals surface area (Å²) in [7, 11) is 0. The van der Waals surface area contributed by atoms with Crippen LogP contribution in [0.4, 0.5) is 5.69 Å². The van der Waals surface area contributed by atoms with Gasteiger partial charge >= 0.3 is 0 Å². The molecule has 0 unspecified atom stereocenters. The van der Waals surface area contributed by atoms with Crippen molar-refractivity contribution in [3.8, 4) is 0 Å². The van der Waals surface area contributed by atoms with Gasteiger partial charge in [-0.2, -0.15) is 0 Å². The van der Waals surface area contributed by atoms with Crippen molar-refractivity contribution < 1.29 is 9.53 Å². The predicted molar refractivity (Wildman–Crippen MR) is 74.9 cm³/mol. The highest BCUT2D eigenvalue weighted by Gasteiger charge is 2.10. The average Bonchev–Trinajstić information content (AvgIpc) is 2.36. The van der Waals surface area contributed by atoms with Crippen LogP contribution in [-0.2, 0) is 22.4 Å². The van der Waals surface area contributed by atoms with Crippen LogP contribution in [0.3, 0.4) is 0 Å². The van der Waals surface area contributed by atoms with Gasteiger partial charge in [0.25, 0.3) is 0 Å². The molecule has 0 spiro atoms. The number of rotatable bonds is 6. The van der Waals surface area contributed by atoms with Crippen LogP contribution in [0.25, 0.3) is 0 Å². The summed E-state index contributed by atoms with van der Waals surface area (Å²) in [6, 6.07) is 6.15. The number of benzene rings is 1. The minimum atomic E-state index is -0.0840. The monoisotopic (exact) mass is 249 g/mol. The van der Waals surface area contributed by atoms with E-state index in [2.05, 4.69) is 31.3 Å². The third-order valence-corrected chi connectivity index (χ3v) is 2.81. The van der Waals surface area contributed by atoms with Crippen LogP contribution in [0.1, 0.15) is 38.8 Å². The fraction of sp³-hybridized carbons (Fsp3) is 0.533. The number of ether oxygens (including phenoxy) is 1. The summed E-state index contributed by atoms with van der Waals surface area (Å²) < 4.78 is 5.31. The fourth-order valence-electron chi connectivity index (χ4n) is 1.82. The summed E-state index contributed by atoms with van der Waals surface area (Å²) in [4.78, 5) is 11.8. The van der Waals surface area contributed by atoms with Crippen molar-refractivity contribution in [1.29, 1.82) is 0 Å². The van der Waals surface area contributed by atoms with Gasteiger partial charge in [0.15, 0.2) is 0 Å². The van der Waals surface area contributed by atoms with Gasteiger partial charge < -0.3 is 10.1 Å². The highest BCUT2D eigenvalue weighted by molar-refractivity contribution is 5.93. The number of hydrogen-bond acceptors (Lipinski definition) is 2. The van der Waals surface area contributed by atoms with Gasteiger partial charge in [-0.05, 0) is 37.8 Å². The Kier molecular flexibility index (Phi) is 5.86. The molecule has 1 aromatic carbocycles. The summed E-state index contributed by atoms with van der Waals surface area (Å²) in [5.41, 5.74) is 3.30. The number of aryl methyl sites for hydroxylation is 2. The molecule has 0 bridgehead atoms. The van der Waals surface area contributed by atoms with Crippen molar-refractivity contribution in [2.24, 2.45) is 0 Å². The Hall–Kier alpha value is -1.35. The molecule has 0 aliphatic carbocycles. The number of anilines is 1. The normalized spacial score (nSPS) is 10.7. The molecule has 1 amide bonds. The topological polar surface area (TPSA) is 38.3 Å². The largest absolute Gasteiger partial charge is 0.369 e. The van der Waals surface area contributed by atoms with Gasteiger partial charge in [0.2, 0.25) is 5.91 Å². The van der Waals surface area contributed by atoms with Crippen LogP contribution in [0, 0.1) is 0 Å².